The van der Waals surface area contributed by atoms with Crippen molar-refractivity contribution in [2.24, 2.45) is 11.8 Å². The van der Waals surface area contributed by atoms with Crippen molar-refractivity contribution >= 4 is 5.91 Å². The van der Waals surface area contributed by atoms with Crippen LogP contribution in [0.2, 0.25) is 0 Å². The van der Waals surface area contributed by atoms with Crippen molar-refractivity contribution in [1.29, 1.82) is 0 Å². The van der Waals surface area contributed by atoms with Crippen LogP contribution in [0.25, 0.3) is 0 Å². The Morgan fingerprint density at radius 3 is 2.47 bits per heavy atom. The maximum Gasteiger partial charge on any atom is 0.252 e. The Labute approximate surface area is 116 Å². The third kappa shape index (κ3) is 3.69. The van der Waals surface area contributed by atoms with Gasteiger partial charge >= 0.3 is 0 Å². The van der Waals surface area contributed by atoms with Gasteiger partial charge in [-0.05, 0) is 50.6 Å². The third-order valence-electron chi connectivity index (χ3n) is 4.90. The van der Waals surface area contributed by atoms with Crippen molar-refractivity contribution in [3.8, 4) is 0 Å². The van der Waals surface area contributed by atoms with E-state index in [0.717, 1.165) is 38.4 Å². The molecule has 19 heavy (non-hydrogen) atoms. The zero-order chi connectivity index (χ0) is 13.7. The first-order chi connectivity index (χ1) is 9.16. The number of methoxy groups -OCH3 is 1. The highest BCUT2D eigenvalue weighted by molar-refractivity contribution is 5.85. The number of rotatable bonds is 4. The van der Waals surface area contributed by atoms with Crippen LogP contribution in [0, 0.1) is 11.8 Å². The van der Waals surface area contributed by atoms with Gasteiger partial charge in [0, 0.05) is 13.7 Å². The Balaban J connectivity index is 1.79. The summed E-state index contributed by atoms with van der Waals surface area (Å²) in [4.78, 5) is 12.4. The highest BCUT2D eigenvalue weighted by Crippen LogP contribution is 2.28. The number of amides is 1. The van der Waals surface area contributed by atoms with E-state index >= 15 is 0 Å². The number of carbonyl (C=O) groups excluding carboxylic acids is 1. The number of carbonyl (C=O) groups is 1. The van der Waals surface area contributed by atoms with E-state index in [0.29, 0.717) is 5.92 Å². The Morgan fingerprint density at radius 1 is 1.26 bits per heavy atom. The molecule has 1 heterocycles. The molecule has 0 aromatic rings. The minimum Gasteiger partial charge on any atom is -0.368 e. The van der Waals surface area contributed by atoms with Gasteiger partial charge in [-0.25, -0.2) is 0 Å². The molecule has 0 aromatic heterocycles. The molecule has 2 aliphatic rings. The van der Waals surface area contributed by atoms with Gasteiger partial charge in [0.05, 0.1) is 0 Å². The monoisotopic (exact) mass is 268 g/mol. The highest BCUT2D eigenvalue weighted by atomic mass is 16.5. The molecule has 0 unspecified atom stereocenters. The van der Waals surface area contributed by atoms with E-state index in [1.54, 1.807) is 7.11 Å². The summed E-state index contributed by atoms with van der Waals surface area (Å²) in [5.74, 6) is 1.62. The van der Waals surface area contributed by atoms with Gasteiger partial charge < -0.3 is 15.4 Å². The second kappa shape index (κ2) is 6.71. The van der Waals surface area contributed by atoms with Gasteiger partial charge in [0.15, 0.2) is 0 Å². The van der Waals surface area contributed by atoms with Gasteiger partial charge in [0.25, 0.3) is 5.91 Å². The average Bonchev–Trinajstić information content (AvgIpc) is 2.47. The van der Waals surface area contributed by atoms with Crippen LogP contribution in [0.15, 0.2) is 0 Å². The Bertz CT molecular complexity index is 293. The lowest BCUT2D eigenvalue weighted by Gasteiger charge is -2.35. The van der Waals surface area contributed by atoms with Crippen molar-refractivity contribution in [1.82, 2.24) is 10.6 Å². The lowest BCUT2D eigenvalue weighted by Crippen LogP contribution is -2.54. The average molecular weight is 268 g/mol. The minimum absolute atomic E-state index is 0.0927. The van der Waals surface area contributed by atoms with E-state index in [9.17, 15) is 4.79 Å². The highest BCUT2D eigenvalue weighted by Gasteiger charge is 2.39. The Kier molecular flexibility index (Phi) is 5.22. The fraction of sp³-hybridized carbons (Fsp3) is 0.933. The molecule has 110 valence electrons. The number of hydrogen-bond donors (Lipinski definition) is 2. The molecule has 4 heteroatoms. The molecular weight excluding hydrogens is 240 g/mol. The second-order valence-corrected chi connectivity index (χ2v) is 6.28. The smallest absolute Gasteiger partial charge is 0.252 e. The van der Waals surface area contributed by atoms with Crippen molar-refractivity contribution in [2.75, 3.05) is 26.7 Å². The second-order valence-electron chi connectivity index (χ2n) is 6.28. The minimum atomic E-state index is -0.590. The van der Waals surface area contributed by atoms with Gasteiger partial charge in [0.1, 0.15) is 5.60 Å². The zero-order valence-electron chi connectivity index (χ0n) is 12.3. The molecule has 1 amide bonds. The quantitative estimate of drug-likeness (QED) is 0.816. The molecule has 0 atom stereocenters. The van der Waals surface area contributed by atoms with Crippen LogP contribution in [0.3, 0.4) is 0 Å². The zero-order valence-corrected chi connectivity index (χ0v) is 12.3. The van der Waals surface area contributed by atoms with Crippen molar-refractivity contribution in [3.63, 3.8) is 0 Å². The van der Waals surface area contributed by atoms with Crippen LogP contribution in [0.4, 0.5) is 0 Å². The first kappa shape index (κ1) is 14.8. The SMILES string of the molecule is COC1(C(=O)NCC2CCC(C)CC2)CCNCC1. The molecule has 2 rings (SSSR count). The Morgan fingerprint density at radius 2 is 1.89 bits per heavy atom. The summed E-state index contributed by atoms with van der Waals surface area (Å²) in [6.07, 6.45) is 6.67. The van der Waals surface area contributed by atoms with E-state index in [4.69, 9.17) is 4.74 Å². The van der Waals surface area contributed by atoms with Crippen LogP contribution in [-0.2, 0) is 9.53 Å². The molecule has 0 bridgehead atoms. The molecule has 0 radical (unpaired) electrons. The molecular formula is C15H28N2O2. The summed E-state index contributed by atoms with van der Waals surface area (Å²) >= 11 is 0. The predicted molar refractivity (Wildman–Crippen MR) is 76.0 cm³/mol. The summed E-state index contributed by atoms with van der Waals surface area (Å²) in [5, 5.41) is 6.42. The fourth-order valence-electron chi connectivity index (χ4n) is 3.29. The van der Waals surface area contributed by atoms with Gasteiger partial charge in [-0.15, -0.1) is 0 Å². The largest absolute Gasteiger partial charge is 0.368 e. The third-order valence-corrected chi connectivity index (χ3v) is 4.90. The van der Waals surface area contributed by atoms with Crippen molar-refractivity contribution in [2.45, 2.75) is 51.0 Å². The standard InChI is InChI=1S/C15H28N2O2/c1-12-3-5-13(6-4-12)11-17-14(18)15(19-2)7-9-16-10-8-15/h12-13,16H,3-11H2,1-2H3,(H,17,18). The topological polar surface area (TPSA) is 50.4 Å². The lowest BCUT2D eigenvalue weighted by atomic mass is 9.83. The molecule has 1 saturated carbocycles. The van der Waals surface area contributed by atoms with E-state index in [-0.39, 0.29) is 5.91 Å². The van der Waals surface area contributed by atoms with Crippen LogP contribution in [-0.4, -0.2) is 38.3 Å². The number of hydrogen-bond acceptors (Lipinski definition) is 3. The van der Waals surface area contributed by atoms with Crippen molar-refractivity contribution in [3.05, 3.63) is 0 Å². The molecule has 0 spiro atoms. The Hall–Kier alpha value is -0.610. The summed E-state index contributed by atoms with van der Waals surface area (Å²) in [6.45, 7) is 4.87. The van der Waals surface area contributed by atoms with E-state index in [1.165, 1.54) is 25.7 Å². The first-order valence-electron chi connectivity index (χ1n) is 7.70. The van der Waals surface area contributed by atoms with Gasteiger partial charge in [-0.3, -0.25) is 4.79 Å². The number of nitrogens with one attached hydrogen (secondary N) is 2. The molecule has 2 N–H and O–H groups in total. The molecule has 4 nitrogen and oxygen atoms in total. The molecule has 1 saturated heterocycles. The molecule has 0 aromatic carbocycles. The van der Waals surface area contributed by atoms with Gasteiger partial charge in [0.2, 0.25) is 0 Å². The summed E-state index contributed by atoms with van der Waals surface area (Å²) in [6, 6.07) is 0. The number of ether oxygens (including phenoxy) is 1. The summed E-state index contributed by atoms with van der Waals surface area (Å²) < 4.78 is 5.55. The molecule has 2 fully saturated rings. The van der Waals surface area contributed by atoms with Crippen LogP contribution >= 0.6 is 0 Å². The van der Waals surface area contributed by atoms with Crippen LogP contribution in [0.5, 0.6) is 0 Å². The molecule has 1 aliphatic heterocycles. The van der Waals surface area contributed by atoms with Gasteiger partial charge in [-0.1, -0.05) is 19.8 Å². The van der Waals surface area contributed by atoms with Crippen LogP contribution in [0.1, 0.15) is 45.4 Å². The summed E-state index contributed by atoms with van der Waals surface area (Å²) in [7, 11) is 1.66. The van der Waals surface area contributed by atoms with E-state index in [1.807, 2.05) is 0 Å². The van der Waals surface area contributed by atoms with Crippen LogP contribution < -0.4 is 10.6 Å². The lowest BCUT2D eigenvalue weighted by molar-refractivity contribution is -0.146. The predicted octanol–water partition coefficient (Wildman–Crippen LogP) is 1.70. The first-order valence-corrected chi connectivity index (χ1v) is 7.70. The fourth-order valence-corrected chi connectivity index (χ4v) is 3.29. The van der Waals surface area contributed by atoms with E-state index in [2.05, 4.69) is 17.6 Å². The van der Waals surface area contributed by atoms with E-state index < -0.39 is 5.60 Å². The summed E-state index contributed by atoms with van der Waals surface area (Å²) in [5.41, 5.74) is -0.590. The number of piperidine rings is 1. The maximum atomic E-state index is 12.4. The maximum absolute atomic E-state index is 12.4. The normalized spacial score (nSPS) is 30.8. The van der Waals surface area contributed by atoms with Gasteiger partial charge in [-0.2, -0.15) is 0 Å². The van der Waals surface area contributed by atoms with Crippen molar-refractivity contribution < 1.29 is 9.53 Å². The molecule has 1 aliphatic carbocycles.